The zero-order valence-electron chi connectivity index (χ0n) is 66.9. The number of ether oxygens (including phenoxy) is 1. The third kappa shape index (κ3) is 19.4. The minimum absolute atomic E-state index is 0.00624. The molecular formula is C100H116OS13. The molecule has 1 nitrogen and oxygen atoms in total. The van der Waals surface area contributed by atoms with Gasteiger partial charge < -0.3 is 4.74 Å². The van der Waals surface area contributed by atoms with E-state index in [2.05, 4.69) is 318 Å². The zero-order chi connectivity index (χ0) is 80.5. The molecule has 0 N–H and O–H groups in total. The Morgan fingerprint density at radius 1 is 0.272 bits per heavy atom. The lowest BCUT2D eigenvalue weighted by molar-refractivity contribution is 0.236. The summed E-state index contributed by atoms with van der Waals surface area (Å²) in [5.41, 5.74) is 13.7. The molecule has 0 unspecified atom stereocenters. The molecule has 10 aromatic rings. The van der Waals surface area contributed by atoms with Crippen LogP contribution in [0.2, 0.25) is 0 Å². The molecule has 2 heterocycles. The Labute approximate surface area is 754 Å². The van der Waals surface area contributed by atoms with E-state index in [4.69, 9.17) is 55.3 Å². The molecule has 14 heteroatoms. The molecular weight excluding hydrogens is 1630 g/mol. The first-order valence-electron chi connectivity index (χ1n) is 41.8. The summed E-state index contributed by atoms with van der Waals surface area (Å²) in [6.07, 6.45) is 33.3. The Kier molecular flexibility index (Phi) is 30.7. The van der Waals surface area contributed by atoms with Crippen molar-refractivity contribution in [2.75, 3.05) is 0 Å². The van der Waals surface area contributed by atoms with E-state index in [1.54, 1.807) is 0 Å². The van der Waals surface area contributed by atoms with Crippen molar-refractivity contribution in [3.05, 3.63) is 262 Å². The summed E-state index contributed by atoms with van der Waals surface area (Å²) in [6.45, 7) is 12.1. The number of hydrogen-bond acceptors (Lipinski definition) is 14. The first-order valence-corrected chi connectivity index (χ1v) is 47.9. The van der Waals surface area contributed by atoms with Crippen LogP contribution < -0.4 is 4.74 Å². The van der Waals surface area contributed by atoms with E-state index >= 15 is 0 Å². The molecule has 10 aromatic carbocycles. The summed E-state index contributed by atoms with van der Waals surface area (Å²) in [5, 5.41) is 0. The topological polar surface area (TPSA) is 9.23 Å². The van der Waals surface area contributed by atoms with E-state index in [0.29, 0.717) is 23.7 Å². The Bertz CT molecular complexity index is 4530. The Morgan fingerprint density at radius 3 is 0.886 bits per heavy atom. The van der Waals surface area contributed by atoms with E-state index in [1.165, 1.54) is 226 Å². The van der Waals surface area contributed by atoms with Crippen LogP contribution in [0.4, 0.5) is 0 Å². The average molecular weight is 1750 g/mol. The van der Waals surface area contributed by atoms with Gasteiger partial charge in [-0.15, -0.1) is 152 Å². The number of fused-ring (bicyclic) bond motifs is 4. The van der Waals surface area contributed by atoms with Gasteiger partial charge in [0, 0.05) is 107 Å². The fourth-order valence-corrected chi connectivity index (χ4v) is 26.0. The first-order chi connectivity index (χ1) is 54.8. The van der Waals surface area contributed by atoms with E-state index in [0.717, 1.165) is 76.2 Å². The van der Waals surface area contributed by atoms with Gasteiger partial charge in [0.1, 0.15) is 11.5 Å². The molecule has 5 saturated carbocycles. The summed E-state index contributed by atoms with van der Waals surface area (Å²) in [5.74, 6) is 5.26. The van der Waals surface area contributed by atoms with Crippen molar-refractivity contribution in [1.29, 1.82) is 0 Å². The van der Waals surface area contributed by atoms with Crippen LogP contribution in [0, 0.1) is 29.6 Å². The molecule has 2 aliphatic heterocycles. The van der Waals surface area contributed by atoms with Crippen LogP contribution in [0.3, 0.4) is 0 Å². The molecule has 600 valence electrons. The van der Waals surface area contributed by atoms with Crippen LogP contribution in [-0.4, -0.2) is 0 Å². The van der Waals surface area contributed by atoms with Crippen molar-refractivity contribution >= 4 is 163 Å². The van der Waals surface area contributed by atoms with Crippen molar-refractivity contribution in [2.24, 2.45) is 29.6 Å². The van der Waals surface area contributed by atoms with Crippen LogP contribution >= 0.6 is 163 Å². The second kappa shape index (κ2) is 39.6. The molecule has 0 aromatic heterocycles. The number of thiol groups is 12. The van der Waals surface area contributed by atoms with Crippen LogP contribution in [0.5, 0.6) is 11.5 Å². The highest BCUT2D eigenvalue weighted by atomic mass is 32.2. The van der Waals surface area contributed by atoms with Gasteiger partial charge in [-0.3, -0.25) is 0 Å². The van der Waals surface area contributed by atoms with Crippen LogP contribution in [-0.2, 0) is 27.1 Å². The Morgan fingerprint density at radius 2 is 0.544 bits per heavy atom. The number of benzene rings is 10. The van der Waals surface area contributed by atoms with Gasteiger partial charge in [0.2, 0.25) is 0 Å². The summed E-state index contributed by atoms with van der Waals surface area (Å²) in [7, 11) is 0. The van der Waals surface area contributed by atoms with Crippen molar-refractivity contribution in [3.8, 4) is 11.5 Å². The van der Waals surface area contributed by atoms with Gasteiger partial charge in [-0.1, -0.05) is 240 Å². The van der Waals surface area contributed by atoms with Crippen molar-refractivity contribution in [1.82, 2.24) is 0 Å². The average Bonchev–Trinajstić information content (AvgIpc) is 0.729. The lowest BCUT2D eigenvalue weighted by Crippen LogP contribution is -2.37. The summed E-state index contributed by atoms with van der Waals surface area (Å²) in [4.78, 5) is 14.9. The van der Waals surface area contributed by atoms with Crippen LogP contribution in [0.15, 0.2) is 275 Å². The molecule has 0 atom stereocenters. The third-order valence-corrected chi connectivity index (χ3v) is 32.5. The fraction of sp³-hybridized carbons (Fsp3) is 0.400. The van der Waals surface area contributed by atoms with Crippen LogP contribution in [0.25, 0.3) is 0 Å². The molecule has 0 bridgehead atoms. The maximum absolute atomic E-state index is 6.23. The normalized spacial score (nSPS) is 17.9. The second-order valence-electron chi connectivity index (χ2n) is 34.1. The maximum Gasteiger partial charge on any atom is 0.132 e. The number of rotatable bonds is 11. The van der Waals surface area contributed by atoms with E-state index in [1.807, 2.05) is 36.0 Å². The zero-order valence-corrected chi connectivity index (χ0v) is 78.4. The van der Waals surface area contributed by atoms with Gasteiger partial charge in [-0.25, -0.2) is 0 Å². The van der Waals surface area contributed by atoms with E-state index < -0.39 is 0 Å². The van der Waals surface area contributed by atoms with Gasteiger partial charge in [0.15, 0.2) is 0 Å². The van der Waals surface area contributed by atoms with Crippen LogP contribution in [0.1, 0.15) is 251 Å². The highest BCUT2D eigenvalue weighted by Crippen LogP contribution is 2.59. The highest BCUT2D eigenvalue weighted by molar-refractivity contribution is 7.99. The van der Waals surface area contributed by atoms with E-state index in [-0.39, 0.29) is 27.1 Å². The molecule has 0 saturated heterocycles. The lowest BCUT2D eigenvalue weighted by Gasteiger charge is -2.45. The Hall–Kier alpha value is -3.45. The Balaban J connectivity index is 0.000000124. The first kappa shape index (κ1) is 88.3. The molecule has 17 rings (SSSR count). The highest BCUT2D eigenvalue weighted by Gasteiger charge is 2.48. The fourth-order valence-electron chi connectivity index (χ4n) is 21.1. The van der Waals surface area contributed by atoms with Gasteiger partial charge in [-0.2, -0.15) is 0 Å². The van der Waals surface area contributed by atoms with Crippen molar-refractivity contribution in [3.63, 3.8) is 0 Å². The van der Waals surface area contributed by atoms with Gasteiger partial charge in [0.25, 0.3) is 0 Å². The van der Waals surface area contributed by atoms with E-state index in [9.17, 15) is 0 Å². The quantitative estimate of drug-likeness (QED) is 0.0589. The van der Waals surface area contributed by atoms with Gasteiger partial charge >= 0.3 is 0 Å². The second-order valence-corrected chi connectivity index (χ2v) is 41.3. The van der Waals surface area contributed by atoms with Gasteiger partial charge in [-0.05, 0) is 247 Å². The molecule has 0 spiro atoms. The van der Waals surface area contributed by atoms with Gasteiger partial charge in [0.05, 0.1) is 0 Å². The van der Waals surface area contributed by atoms with Crippen molar-refractivity contribution in [2.45, 2.75) is 291 Å². The predicted octanol–water partition coefficient (Wildman–Crippen LogP) is 31.9. The lowest BCUT2D eigenvalue weighted by atomic mass is 9.61. The summed E-state index contributed by atoms with van der Waals surface area (Å²) in [6, 6.07) is 73.4. The standard InChI is InChI=1S/C20H22OS2.C20H24S4.C20H22S3.2C20H24S2/c1-20(13-5-3-2-4-6-13)16-9-7-14(22)11-18(16)21-19-12-15(23)8-10-17(19)20;1-20(13-5-3-2-4-6-13,16-9-7-14(21)11-18(16)23)17-10-8-15(22)12-19(17)24;1-20(13-5-3-2-4-6-13)16-9-7-14(21)11-18(16)23-19-12-15(22)8-10-17(19)20;1-20(15-9-3-2-4-10-15,16-11-5-7-13-18(16)21)17-12-6-8-14-19(17)22;1-20(15-5-3-2-4-6-15,16-7-11-18(21)12-8-16)17-9-13-19(22)14-10-17/h7-13,22-23H,2-6H2,1H3;7-13,21-24H,2-6H2,1H3;7-13,21-22H,2-6H2,1H3;5-8,11-15,21-22H,2-4,9-10H2,1H3;7-15,21-22H,2-6H2,1H3. The summed E-state index contributed by atoms with van der Waals surface area (Å²) < 4.78 is 6.23. The minimum atomic E-state index is -0.0997. The molecule has 0 amide bonds. The molecule has 5 fully saturated rings. The van der Waals surface area contributed by atoms with Crippen molar-refractivity contribution < 1.29 is 4.74 Å². The molecule has 5 aliphatic carbocycles. The monoisotopic (exact) mass is 1750 g/mol. The SMILES string of the molecule is CC(c1ccc(S)cc1)(c1ccc(S)cc1)C1CCCCC1.CC(c1ccc(S)cc1S)(c1ccc(S)cc1S)C1CCCCC1.CC(c1ccccc1S)(c1ccccc1S)C1CCCCC1.CC1(C2CCCCC2)c2ccc(S)cc2Oc2cc(S)ccc21.CC1(C2CCCCC2)c2ccc(S)cc2Sc2cc(S)ccc21. The molecule has 0 radical (unpaired) electrons. The smallest absolute Gasteiger partial charge is 0.132 e. The largest absolute Gasteiger partial charge is 0.457 e. The minimum Gasteiger partial charge on any atom is -0.457 e. The summed E-state index contributed by atoms with van der Waals surface area (Å²) >= 11 is 57.0. The molecule has 7 aliphatic rings. The predicted molar refractivity (Wildman–Crippen MR) is 521 cm³/mol. The maximum atomic E-state index is 6.23. The third-order valence-electron chi connectivity index (χ3n) is 27.6. The molecule has 114 heavy (non-hydrogen) atoms. The number of hydrogen-bond donors (Lipinski definition) is 12.